The molecule has 134 valence electrons. The first-order valence-electron chi connectivity index (χ1n) is 10.9. The van der Waals surface area contributed by atoms with Crippen molar-refractivity contribution in [3.63, 3.8) is 0 Å². The van der Waals surface area contributed by atoms with Gasteiger partial charge in [0.2, 0.25) is 0 Å². The summed E-state index contributed by atoms with van der Waals surface area (Å²) < 4.78 is 0. The van der Waals surface area contributed by atoms with Gasteiger partial charge in [-0.15, -0.1) is 0 Å². The number of hydrogen-bond donors (Lipinski definition) is 0. The molecule has 0 N–H and O–H groups in total. The maximum atomic E-state index is 2.69. The molecule has 0 amide bonds. The summed E-state index contributed by atoms with van der Waals surface area (Å²) in [6.45, 7) is 14.9. The third-order valence-electron chi connectivity index (χ3n) is 8.14. The zero-order valence-corrected chi connectivity index (χ0v) is 16.8. The van der Waals surface area contributed by atoms with Gasteiger partial charge in [-0.25, -0.2) is 0 Å². The molecule has 3 aliphatic carbocycles. The summed E-state index contributed by atoms with van der Waals surface area (Å²) in [5.41, 5.74) is 0.638. The zero-order valence-electron chi connectivity index (χ0n) is 16.8. The molecule has 3 aliphatic rings. The summed E-state index contributed by atoms with van der Waals surface area (Å²) in [7, 11) is 0. The van der Waals surface area contributed by atoms with E-state index in [4.69, 9.17) is 0 Å². The molecule has 23 heavy (non-hydrogen) atoms. The van der Waals surface area contributed by atoms with Crippen molar-refractivity contribution in [1.82, 2.24) is 0 Å². The molecule has 3 rings (SSSR count). The molecule has 0 aromatic carbocycles. The van der Waals surface area contributed by atoms with E-state index in [1.54, 1.807) is 25.7 Å². The first kappa shape index (κ1) is 17.8. The number of rotatable bonds is 10. The first-order chi connectivity index (χ1) is 10.9. The molecule has 0 nitrogen and oxygen atoms in total. The fourth-order valence-electron chi connectivity index (χ4n) is 6.04. The van der Waals surface area contributed by atoms with E-state index in [0.29, 0.717) is 5.41 Å². The first-order valence-corrected chi connectivity index (χ1v) is 10.9. The Morgan fingerprint density at radius 2 is 1.35 bits per heavy atom. The van der Waals surface area contributed by atoms with Crippen molar-refractivity contribution in [1.29, 1.82) is 0 Å². The van der Waals surface area contributed by atoms with Crippen molar-refractivity contribution in [2.75, 3.05) is 0 Å². The second-order valence-corrected chi connectivity index (χ2v) is 10.5. The maximum absolute atomic E-state index is 2.69. The highest BCUT2D eigenvalue weighted by Crippen LogP contribution is 2.61. The van der Waals surface area contributed by atoms with Crippen LogP contribution in [-0.2, 0) is 0 Å². The molecule has 0 bridgehead atoms. The average Bonchev–Trinajstić information content (AvgIpc) is 3.36. The van der Waals surface area contributed by atoms with Crippen LogP contribution in [0, 0.1) is 52.8 Å². The van der Waals surface area contributed by atoms with Gasteiger partial charge in [-0.1, -0.05) is 54.4 Å². The fourth-order valence-corrected chi connectivity index (χ4v) is 6.04. The van der Waals surface area contributed by atoms with Gasteiger partial charge in [0.25, 0.3) is 0 Å². The van der Waals surface area contributed by atoms with E-state index in [0.717, 1.165) is 47.3 Å². The van der Waals surface area contributed by atoms with Crippen LogP contribution in [0.1, 0.15) is 92.9 Å². The summed E-state index contributed by atoms with van der Waals surface area (Å²) in [5, 5.41) is 0. The van der Waals surface area contributed by atoms with Crippen molar-refractivity contribution in [2.24, 2.45) is 52.8 Å². The van der Waals surface area contributed by atoms with E-state index >= 15 is 0 Å². The molecular weight excluding hydrogens is 276 g/mol. The van der Waals surface area contributed by atoms with Crippen molar-refractivity contribution < 1.29 is 0 Å². The molecule has 0 radical (unpaired) electrons. The third kappa shape index (κ3) is 4.16. The number of hydrogen-bond acceptors (Lipinski definition) is 0. The maximum Gasteiger partial charge on any atom is -0.0292 e. The Labute approximate surface area is 146 Å². The standard InChI is InChI=1S/C23H42/c1-7-17-10-20(17)13-23(6,16(5)22-12-18(22)8-2)14-21-11-19(21)9-15(3)4/h15-22H,7-14H2,1-6H3. The van der Waals surface area contributed by atoms with E-state index in [1.807, 2.05) is 0 Å². The Bertz CT molecular complexity index is 397. The molecule has 8 unspecified atom stereocenters. The molecule has 3 fully saturated rings. The minimum absolute atomic E-state index is 0.638. The lowest BCUT2D eigenvalue weighted by molar-refractivity contribution is 0.118. The van der Waals surface area contributed by atoms with Gasteiger partial charge < -0.3 is 0 Å². The molecule has 8 atom stereocenters. The molecule has 0 aromatic rings. The SMILES string of the molecule is CCC1CC1CC(C)(CC1CC1CC(C)C)C(C)C1CC1CC. The molecule has 0 heteroatoms. The topological polar surface area (TPSA) is 0 Å². The monoisotopic (exact) mass is 318 g/mol. The Kier molecular flexibility index (Phi) is 5.20. The van der Waals surface area contributed by atoms with Crippen LogP contribution in [0.2, 0.25) is 0 Å². The molecule has 0 aromatic heterocycles. The van der Waals surface area contributed by atoms with Gasteiger partial charge in [-0.2, -0.15) is 0 Å². The van der Waals surface area contributed by atoms with E-state index in [-0.39, 0.29) is 0 Å². The summed E-state index contributed by atoms with van der Waals surface area (Å²) >= 11 is 0. The second-order valence-electron chi connectivity index (χ2n) is 10.5. The van der Waals surface area contributed by atoms with Crippen LogP contribution in [0.15, 0.2) is 0 Å². The largest absolute Gasteiger partial charge is 0.0651 e. The Morgan fingerprint density at radius 1 is 0.783 bits per heavy atom. The van der Waals surface area contributed by atoms with Crippen LogP contribution in [0.25, 0.3) is 0 Å². The van der Waals surface area contributed by atoms with Gasteiger partial charge >= 0.3 is 0 Å². The zero-order chi connectivity index (χ0) is 16.8. The predicted molar refractivity (Wildman–Crippen MR) is 101 cm³/mol. The molecule has 0 saturated heterocycles. The van der Waals surface area contributed by atoms with Crippen molar-refractivity contribution >= 4 is 0 Å². The van der Waals surface area contributed by atoms with Gasteiger partial charge in [-0.3, -0.25) is 0 Å². The van der Waals surface area contributed by atoms with Crippen molar-refractivity contribution in [3.8, 4) is 0 Å². The molecule has 0 heterocycles. The van der Waals surface area contributed by atoms with Crippen LogP contribution in [-0.4, -0.2) is 0 Å². The molecule has 0 spiro atoms. The van der Waals surface area contributed by atoms with E-state index in [2.05, 4.69) is 41.5 Å². The van der Waals surface area contributed by atoms with E-state index in [1.165, 1.54) is 25.7 Å². The summed E-state index contributed by atoms with van der Waals surface area (Å²) in [5.74, 6) is 8.29. The lowest BCUT2D eigenvalue weighted by Crippen LogP contribution is -2.29. The second kappa shape index (κ2) is 6.72. The third-order valence-corrected chi connectivity index (χ3v) is 8.14. The lowest BCUT2D eigenvalue weighted by Gasteiger charge is -2.38. The van der Waals surface area contributed by atoms with Gasteiger partial charge in [0.15, 0.2) is 0 Å². The fraction of sp³-hybridized carbons (Fsp3) is 1.00. The van der Waals surface area contributed by atoms with E-state index in [9.17, 15) is 0 Å². The molecule has 3 saturated carbocycles. The normalized spacial score (nSPS) is 42.4. The predicted octanol–water partition coefficient (Wildman–Crippen LogP) is 7.18. The van der Waals surface area contributed by atoms with Crippen molar-refractivity contribution in [3.05, 3.63) is 0 Å². The summed E-state index contributed by atoms with van der Waals surface area (Å²) in [6, 6.07) is 0. The highest BCUT2D eigenvalue weighted by molar-refractivity contribution is 5.02. The van der Waals surface area contributed by atoms with Crippen LogP contribution in [0.5, 0.6) is 0 Å². The van der Waals surface area contributed by atoms with Gasteiger partial charge in [0.05, 0.1) is 0 Å². The Morgan fingerprint density at radius 3 is 1.83 bits per heavy atom. The van der Waals surface area contributed by atoms with Gasteiger partial charge in [0.1, 0.15) is 0 Å². The van der Waals surface area contributed by atoms with Crippen molar-refractivity contribution in [2.45, 2.75) is 92.9 Å². The summed E-state index contributed by atoms with van der Waals surface area (Å²) in [4.78, 5) is 0. The minimum atomic E-state index is 0.638. The highest BCUT2D eigenvalue weighted by Gasteiger charge is 2.52. The van der Waals surface area contributed by atoms with Crippen LogP contribution in [0.4, 0.5) is 0 Å². The quantitative estimate of drug-likeness (QED) is 0.400. The highest BCUT2D eigenvalue weighted by atomic mass is 14.6. The van der Waals surface area contributed by atoms with Crippen LogP contribution < -0.4 is 0 Å². The lowest BCUT2D eigenvalue weighted by atomic mass is 9.67. The summed E-state index contributed by atoms with van der Waals surface area (Å²) in [6.07, 6.45) is 12.0. The minimum Gasteiger partial charge on any atom is -0.0651 e. The smallest absolute Gasteiger partial charge is 0.0292 e. The Balaban J connectivity index is 1.59. The molecular formula is C23H42. The van der Waals surface area contributed by atoms with Gasteiger partial charge in [-0.05, 0) is 91.3 Å². The Hall–Kier alpha value is 0. The van der Waals surface area contributed by atoms with Crippen LogP contribution in [0.3, 0.4) is 0 Å². The molecule has 0 aliphatic heterocycles. The average molecular weight is 319 g/mol. The van der Waals surface area contributed by atoms with Crippen LogP contribution >= 0.6 is 0 Å². The van der Waals surface area contributed by atoms with E-state index < -0.39 is 0 Å². The van der Waals surface area contributed by atoms with Gasteiger partial charge in [0, 0.05) is 0 Å².